The van der Waals surface area contributed by atoms with E-state index in [1.165, 1.54) is 11.3 Å². The third kappa shape index (κ3) is 4.53. The van der Waals surface area contributed by atoms with Crippen molar-refractivity contribution >= 4 is 21.4 Å². The van der Waals surface area contributed by atoms with Crippen LogP contribution in [0.3, 0.4) is 0 Å². The Morgan fingerprint density at radius 2 is 2.20 bits per heavy atom. The maximum absolute atomic E-state index is 12.1. The Kier molecular flexibility index (Phi) is 5.19. The third-order valence-corrected chi connectivity index (χ3v) is 6.10. The minimum atomic E-state index is -3.37. The van der Waals surface area contributed by atoms with Crippen LogP contribution in [0, 0.1) is 5.92 Å². The molecule has 1 fully saturated rings. The molecule has 0 amide bonds. The molecule has 1 aliphatic heterocycles. The van der Waals surface area contributed by atoms with Crippen LogP contribution in [0.25, 0.3) is 0 Å². The van der Waals surface area contributed by atoms with Crippen LogP contribution in [0.2, 0.25) is 0 Å². The lowest BCUT2D eigenvalue weighted by Crippen LogP contribution is -2.40. The molecule has 1 atom stereocenters. The summed E-state index contributed by atoms with van der Waals surface area (Å²) in [7, 11) is -3.37. The molecule has 1 saturated heterocycles. The van der Waals surface area contributed by atoms with E-state index in [0.717, 1.165) is 17.7 Å². The van der Waals surface area contributed by atoms with Crippen molar-refractivity contribution in [1.82, 2.24) is 4.72 Å². The van der Waals surface area contributed by atoms with Crippen molar-refractivity contribution in [2.24, 2.45) is 5.92 Å². The summed E-state index contributed by atoms with van der Waals surface area (Å²) < 4.78 is 31.9. The van der Waals surface area contributed by atoms with Crippen molar-refractivity contribution in [3.63, 3.8) is 0 Å². The molecule has 1 aromatic rings. The van der Waals surface area contributed by atoms with Gasteiger partial charge in [0.1, 0.15) is 5.60 Å². The summed E-state index contributed by atoms with van der Waals surface area (Å²) in [5.74, 6) is 0.254. The van der Waals surface area contributed by atoms with Crippen LogP contribution in [-0.4, -0.2) is 39.0 Å². The van der Waals surface area contributed by atoms with Crippen molar-refractivity contribution in [3.05, 3.63) is 22.4 Å². The summed E-state index contributed by atoms with van der Waals surface area (Å²) in [5.41, 5.74) is -1.17. The second-order valence-electron chi connectivity index (χ2n) is 5.41. The summed E-state index contributed by atoms with van der Waals surface area (Å²) >= 11 is 1.41. The largest absolute Gasteiger partial charge is 0.383 e. The Balaban J connectivity index is 1.88. The number of thiophene rings is 1. The summed E-state index contributed by atoms with van der Waals surface area (Å²) in [5, 5.41) is 12.2. The molecule has 20 heavy (non-hydrogen) atoms. The molecule has 1 aromatic heterocycles. The highest BCUT2D eigenvalue weighted by Gasteiger charge is 2.28. The normalized spacial score (nSPS) is 20.7. The number of sulfonamides is 1. The van der Waals surface area contributed by atoms with Gasteiger partial charge in [0.2, 0.25) is 10.0 Å². The second kappa shape index (κ2) is 6.53. The van der Waals surface area contributed by atoms with E-state index in [1.807, 2.05) is 11.4 Å². The van der Waals surface area contributed by atoms with E-state index >= 15 is 0 Å². The highest BCUT2D eigenvalue weighted by Crippen LogP contribution is 2.25. The highest BCUT2D eigenvalue weighted by atomic mass is 32.2. The van der Waals surface area contributed by atoms with Gasteiger partial charge in [0.05, 0.1) is 5.75 Å². The lowest BCUT2D eigenvalue weighted by atomic mass is 10.0. The Hall–Kier alpha value is -0.470. The molecule has 2 heterocycles. The molecular formula is C13H21NO4S2. The average Bonchev–Trinajstić information content (AvgIpc) is 2.92. The smallest absolute Gasteiger partial charge is 0.211 e. The number of hydrogen-bond acceptors (Lipinski definition) is 5. The number of rotatable bonds is 6. The monoisotopic (exact) mass is 319 g/mol. The van der Waals surface area contributed by atoms with E-state index < -0.39 is 15.6 Å². The highest BCUT2D eigenvalue weighted by molar-refractivity contribution is 7.89. The van der Waals surface area contributed by atoms with E-state index in [4.69, 9.17) is 4.74 Å². The molecule has 2 N–H and O–H groups in total. The first kappa shape index (κ1) is 15.9. The van der Waals surface area contributed by atoms with Crippen molar-refractivity contribution in [3.8, 4) is 0 Å². The van der Waals surface area contributed by atoms with Crippen molar-refractivity contribution in [2.45, 2.75) is 25.4 Å². The standard InChI is InChI=1S/C13H21NO4S2/c1-13(15,12-3-2-8-19-12)10-14-20(16,17)9-11-4-6-18-7-5-11/h2-3,8,11,14-15H,4-7,9-10H2,1H3/t13-/m1/s1. The molecule has 0 unspecified atom stereocenters. The number of nitrogens with one attached hydrogen (secondary N) is 1. The van der Waals surface area contributed by atoms with Crippen LogP contribution in [0.1, 0.15) is 24.6 Å². The molecule has 0 saturated carbocycles. The van der Waals surface area contributed by atoms with Crippen LogP contribution in [0.15, 0.2) is 17.5 Å². The van der Waals surface area contributed by atoms with Gasteiger partial charge < -0.3 is 9.84 Å². The predicted molar refractivity (Wildman–Crippen MR) is 79.2 cm³/mol. The topological polar surface area (TPSA) is 75.6 Å². The van der Waals surface area contributed by atoms with Gasteiger partial charge in [0.15, 0.2) is 0 Å². The Morgan fingerprint density at radius 3 is 2.80 bits per heavy atom. The summed E-state index contributed by atoms with van der Waals surface area (Å²) in [6, 6.07) is 3.64. The van der Waals surface area contributed by atoms with Gasteiger partial charge in [0.25, 0.3) is 0 Å². The minimum Gasteiger partial charge on any atom is -0.383 e. The number of hydrogen-bond donors (Lipinski definition) is 2. The van der Waals surface area contributed by atoms with Gasteiger partial charge in [-0.1, -0.05) is 6.07 Å². The van der Waals surface area contributed by atoms with Crippen molar-refractivity contribution in [1.29, 1.82) is 0 Å². The summed E-state index contributed by atoms with van der Waals surface area (Å²) in [6.07, 6.45) is 1.56. The minimum absolute atomic E-state index is 0.000926. The first-order chi connectivity index (χ1) is 9.39. The fourth-order valence-corrected chi connectivity index (χ4v) is 4.56. The predicted octanol–water partition coefficient (Wildman–Crippen LogP) is 1.30. The summed E-state index contributed by atoms with van der Waals surface area (Å²) in [4.78, 5) is 0.756. The molecular weight excluding hydrogens is 298 g/mol. The SMILES string of the molecule is C[C@@](O)(CNS(=O)(=O)CC1CCOCC1)c1cccs1. The molecule has 1 aliphatic rings. The van der Waals surface area contributed by atoms with Crippen LogP contribution >= 0.6 is 11.3 Å². The lowest BCUT2D eigenvalue weighted by molar-refractivity contribution is 0.0656. The Labute approximate surface area is 124 Å². The molecule has 2 rings (SSSR count). The molecule has 0 radical (unpaired) electrons. The fraction of sp³-hybridized carbons (Fsp3) is 0.692. The maximum atomic E-state index is 12.1. The molecule has 0 aromatic carbocycles. The lowest BCUT2D eigenvalue weighted by Gasteiger charge is -2.25. The van der Waals surface area contributed by atoms with E-state index in [0.29, 0.717) is 13.2 Å². The van der Waals surface area contributed by atoms with Gasteiger partial charge in [-0.15, -0.1) is 11.3 Å². The molecule has 0 spiro atoms. The van der Waals surface area contributed by atoms with Gasteiger partial charge in [-0.05, 0) is 37.1 Å². The van der Waals surface area contributed by atoms with E-state index in [1.54, 1.807) is 13.0 Å². The molecule has 0 bridgehead atoms. The number of ether oxygens (including phenoxy) is 1. The average molecular weight is 319 g/mol. The van der Waals surface area contributed by atoms with Gasteiger partial charge in [-0.2, -0.15) is 0 Å². The van der Waals surface area contributed by atoms with E-state index in [9.17, 15) is 13.5 Å². The van der Waals surface area contributed by atoms with Crippen LogP contribution < -0.4 is 4.72 Å². The van der Waals surface area contributed by atoms with Gasteiger partial charge in [-0.25, -0.2) is 13.1 Å². The van der Waals surface area contributed by atoms with Crippen molar-refractivity contribution in [2.75, 3.05) is 25.5 Å². The molecule has 5 nitrogen and oxygen atoms in total. The van der Waals surface area contributed by atoms with Crippen LogP contribution in [0.5, 0.6) is 0 Å². The van der Waals surface area contributed by atoms with Crippen molar-refractivity contribution < 1.29 is 18.3 Å². The molecule has 7 heteroatoms. The third-order valence-electron chi connectivity index (χ3n) is 3.48. The van der Waals surface area contributed by atoms with Crippen LogP contribution in [0.4, 0.5) is 0 Å². The quantitative estimate of drug-likeness (QED) is 0.829. The number of aliphatic hydroxyl groups is 1. The zero-order chi connectivity index (χ0) is 14.6. The first-order valence-corrected chi connectivity index (χ1v) is 9.24. The van der Waals surface area contributed by atoms with E-state index in [-0.39, 0.29) is 18.2 Å². The molecule has 0 aliphatic carbocycles. The van der Waals surface area contributed by atoms with Gasteiger partial charge >= 0.3 is 0 Å². The first-order valence-electron chi connectivity index (χ1n) is 6.70. The molecule has 114 valence electrons. The zero-order valence-electron chi connectivity index (χ0n) is 11.5. The Bertz CT molecular complexity index is 504. The van der Waals surface area contributed by atoms with Gasteiger partial charge in [-0.3, -0.25) is 0 Å². The van der Waals surface area contributed by atoms with E-state index in [2.05, 4.69) is 4.72 Å². The zero-order valence-corrected chi connectivity index (χ0v) is 13.2. The van der Waals surface area contributed by atoms with Gasteiger partial charge in [0, 0.05) is 24.6 Å². The van der Waals surface area contributed by atoms with Crippen LogP contribution in [-0.2, 0) is 20.4 Å². The second-order valence-corrected chi connectivity index (χ2v) is 8.21. The summed E-state index contributed by atoms with van der Waals surface area (Å²) in [6.45, 7) is 2.88. The maximum Gasteiger partial charge on any atom is 0.211 e. The Morgan fingerprint density at radius 1 is 1.50 bits per heavy atom. The fourth-order valence-electron chi connectivity index (χ4n) is 2.20.